The van der Waals surface area contributed by atoms with Gasteiger partial charge in [0.2, 0.25) is 5.91 Å². The summed E-state index contributed by atoms with van der Waals surface area (Å²) in [5, 5.41) is 7.59. The van der Waals surface area contributed by atoms with Crippen LogP contribution in [-0.2, 0) is 17.6 Å². The van der Waals surface area contributed by atoms with Crippen molar-refractivity contribution in [1.82, 2.24) is 20.1 Å². The first kappa shape index (κ1) is 19.9. The smallest absolute Gasteiger partial charge is 0.227 e. The summed E-state index contributed by atoms with van der Waals surface area (Å²) in [6.45, 7) is 2.04. The summed E-state index contributed by atoms with van der Waals surface area (Å²) in [7, 11) is 1.64. The van der Waals surface area contributed by atoms with E-state index in [-0.39, 0.29) is 11.8 Å². The lowest BCUT2D eigenvalue weighted by Crippen LogP contribution is -2.29. The molecule has 1 N–H and O–H groups in total. The molecule has 1 aromatic carbocycles. The molecule has 0 unspecified atom stereocenters. The number of likely N-dealkylation sites (tertiary alicyclic amines) is 1. The van der Waals surface area contributed by atoms with Gasteiger partial charge in [-0.1, -0.05) is 6.07 Å². The van der Waals surface area contributed by atoms with Crippen molar-refractivity contribution in [3.05, 3.63) is 71.8 Å². The van der Waals surface area contributed by atoms with Gasteiger partial charge in [-0.15, -0.1) is 0 Å². The van der Waals surface area contributed by atoms with Crippen LogP contribution >= 0.6 is 0 Å². The number of hydrogen-bond acceptors (Lipinski definition) is 5. The van der Waals surface area contributed by atoms with Crippen molar-refractivity contribution in [2.24, 2.45) is 0 Å². The number of carbonyl (C=O) groups is 1. The van der Waals surface area contributed by atoms with E-state index in [0.29, 0.717) is 19.6 Å². The van der Waals surface area contributed by atoms with E-state index >= 15 is 0 Å². The molecule has 0 bridgehead atoms. The Morgan fingerprint density at radius 3 is 2.87 bits per heavy atom. The zero-order valence-electron chi connectivity index (χ0n) is 17.1. The number of ether oxygens (including phenoxy) is 2. The first-order valence-corrected chi connectivity index (χ1v) is 10.2. The number of pyridine rings is 1. The average Bonchev–Trinajstić information content (AvgIpc) is 3.44. The van der Waals surface area contributed by atoms with Gasteiger partial charge in [-0.25, -0.2) is 0 Å². The molecule has 156 valence electrons. The van der Waals surface area contributed by atoms with Crippen LogP contribution in [0.15, 0.2) is 54.9 Å². The molecule has 2 aromatic heterocycles. The summed E-state index contributed by atoms with van der Waals surface area (Å²) in [6.07, 6.45) is 5.54. The summed E-state index contributed by atoms with van der Waals surface area (Å²) in [5.41, 5.74) is 3.05. The average molecular weight is 406 g/mol. The lowest BCUT2D eigenvalue weighted by atomic mass is 10.0. The molecule has 7 heteroatoms. The van der Waals surface area contributed by atoms with Crippen molar-refractivity contribution < 1.29 is 14.3 Å². The van der Waals surface area contributed by atoms with Crippen LogP contribution in [0.2, 0.25) is 0 Å². The number of nitrogens with one attached hydrogen (secondary N) is 1. The molecule has 0 aliphatic carbocycles. The molecule has 1 atom stereocenters. The molecular weight excluding hydrogens is 380 g/mol. The molecule has 1 aliphatic heterocycles. The molecule has 0 saturated carbocycles. The molecule has 1 saturated heterocycles. The Morgan fingerprint density at radius 1 is 1.20 bits per heavy atom. The van der Waals surface area contributed by atoms with Gasteiger partial charge in [-0.05, 0) is 42.3 Å². The monoisotopic (exact) mass is 406 g/mol. The molecule has 4 rings (SSSR count). The van der Waals surface area contributed by atoms with Gasteiger partial charge in [0.25, 0.3) is 0 Å². The normalized spacial score (nSPS) is 15.9. The van der Waals surface area contributed by atoms with Crippen molar-refractivity contribution in [1.29, 1.82) is 0 Å². The number of rotatable bonds is 8. The highest BCUT2D eigenvalue weighted by molar-refractivity contribution is 5.79. The van der Waals surface area contributed by atoms with Gasteiger partial charge in [0.1, 0.15) is 11.5 Å². The van der Waals surface area contributed by atoms with Crippen LogP contribution in [0, 0.1) is 0 Å². The molecule has 1 amide bonds. The van der Waals surface area contributed by atoms with Gasteiger partial charge in [-0.3, -0.25) is 14.9 Å². The second-order valence-electron chi connectivity index (χ2n) is 7.45. The maximum atomic E-state index is 12.6. The number of methoxy groups -OCH3 is 1. The Hall–Kier alpha value is -3.35. The lowest BCUT2D eigenvalue weighted by molar-refractivity contribution is -0.129. The number of benzene rings is 1. The first-order chi connectivity index (χ1) is 14.7. The Morgan fingerprint density at radius 2 is 2.03 bits per heavy atom. The molecule has 7 nitrogen and oxygen atoms in total. The molecular formula is C23H26N4O3. The van der Waals surface area contributed by atoms with E-state index in [4.69, 9.17) is 9.47 Å². The van der Waals surface area contributed by atoms with Crippen LogP contribution < -0.4 is 9.47 Å². The highest BCUT2D eigenvalue weighted by atomic mass is 16.5. The van der Waals surface area contributed by atoms with Crippen LogP contribution in [-0.4, -0.2) is 52.8 Å². The Kier molecular flexibility index (Phi) is 6.27. The minimum atomic E-state index is 0.158. The third-order valence-electron chi connectivity index (χ3n) is 5.40. The van der Waals surface area contributed by atoms with Crippen molar-refractivity contribution in [2.75, 3.05) is 26.8 Å². The van der Waals surface area contributed by atoms with E-state index in [1.165, 1.54) is 0 Å². The molecule has 0 radical (unpaired) electrons. The predicted molar refractivity (Wildman–Crippen MR) is 113 cm³/mol. The Bertz CT molecular complexity index is 973. The van der Waals surface area contributed by atoms with E-state index < -0.39 is 0 Å². The number of amides is 1. The zero-order chi connectivity index (χ0) is 20.8. The summed E-state index contributed by atoms with van der Waals surface area (Å²) >= 11 is 0. The fraction of sp³-hybridized carbons (Fsp3) is 0.348. The van der Waals surface area contributed by atoms with Gasteiger partial charge in [0, 0.05) is 49.6 Å². The van der Waals surface area contributed by atoms with E-state index in [9.17, 15) is 4.79 Å². The van der Waals surface area contributed by atoms with E-state index in [1.807, 2.05) is 41.3 Å². The van der Waals surface area contributed by atoms with Crippen LogP contribution in [0.5, 0.6) is 11.5 Å². The number of hydrogen-bond donors (Lipinski definition) is 1. The summed E-state index contributed by atoms with van der Waals surface area (Å²) in [4.78, 5) is 18.5. The van der Waals surface area contributed by atoms with Crippen LogP contribution in [0.3, 0.4) is 0 Å². The minimum absolute atomic E-state index is 0.158. The van der Waals surface area contributed by atoms with Gasteiger partial charge >= 0.3 is 0 Å². The minimum Gasteiger partial charge on any atom is -0.497 e. The maximum absolute atomic E-state index is 12.6. The number of H-pyrrole nitrogens is 1. The van der Waals surface area contributed by atoms with E-state index in [2.05, 4.69) is 21.2 Å². The molecule has 0 spiro atoms. The second-order valence-corrected chi connectivity index (χ2v) is 7.45. The zero-order valence-corrected chi connectivity index (χ0v) is 17.1. The third kappa shape index (κ3) is 4.97. The van der Waals surface area contributed by atoms with Gasteiger partial charge < -0.3 is 14.4 Å². The molecule has 1 aliphatic rings. The standard InChI is InChI=1S/C23H26N4O3/c1-29-20-3-2-4-21(15-20)30-12-8-19-14-22(26-25-19)18-7-11-27(16-18)23(28)13-17-5-9-24-10-6-17/h2-6,9-10,14-15,18H,7-8,11-13,16H2,1H3,(H,25,26)/t18-/m1/s1. The van der Waals surface area contributed by atoms with Crippen molar-refractivity contribution in [2.45, 2.75) is 25.2 Å². The molecule has 1 fully saturated rings. The first-order valence-electron chi connectivity index (χ1n) is 10.2. The SMILES string of the molecule is COc1cccc(OCCc2cc([C@@H]3CCN(C(=O)Cc4ccncc4)C3)n[nH]2)c1. The Balaban J connectivity index is 1.26. The van der Waals surface area contributed by atoms with Gasteiger partial charge in [0.15, 0.2) is 0 Å². The molecule has 3 heterocycles. The maximum Gasteiger partial charge on any atom is 0.227 e. The van der Waals surface area contributed by atoms with Gasteiger partial charge in [0.05, 0.1) is 25.8 Å². The quantitative estimate of drug-likeness (QED) is 0.622. The van der Waals surface area contributed by atoms with Crippen molar-refractivity contribution >= 4 is 5.91 Å². The fourth-order valence-corrected chi connectivity index (χ4v) is 3.70. The predicted octanol–water partition coefficient (Wildman–Crippen LogP) is 2.99. The number of aromatic nitrogens is 3. The lowest BCUT2D eigenvalue weighted by Gasteiger charge is -2.16. The van der Waals surface area contributed by atoms with E-state index in [1.54, 1.807) is 19.5 Å². The van der Waals surface area contributed by atoms with Crippen molar-refractivity contribution in [3.63, 3.8) is 0 Å². The third-order valence-corrected chi connectivity index (χ3v) is 5.40. The highest BCUT2D eigenvalue weighted by Gasteiger charge is 2.28. The number of nitrogens with zero attached hydrogens (tertiary/aromatic N) is 3. The van der Waals surface area contributed by atoms with E-state index in [0.717, 1.165) is 47.8 Å². The van der Waals surface area contributed by atoms with Crippen LogP contribution in [0.1, 0.15) is 29.3 Å². The topological polar surface area (TPSA) is 80.3 Å². The fourth-order valence-electron chi connectivity index (χ4n) is 3.70. The van der Waals surface area contributed by atoms with Crippen LogP contribution in [0.4, 0.5) is 0 Å². The van der Waals surface area contributed by atoms with Gasteiger partial charge in [-0.2, -0.15) is 5.10 Å². The highest BCUT2D eigenvalue weighted by Crippen LogP contribution is 2.27. The molecule has 3 aromatic rings. The summed E-state index contributed by atoms with van der Waals surface area (Å²) < 4.78 is 11.0. The summed E-state index contributed by atoms with van der Waals surface area (Å²) in [6, 6.07) is 13.4. The number of carbonyl (C=O) groups excluding carboxylic acids is 1. The van der Waals surface area contributed by atoms with Crippen LogP contribution in [0.25, 0.3) is 0 Å². The largest absolute Gasteiger partial charge is 0.497 e. The second kappa shape index (κ2) is 9.43. The number of aromatic amines is 1. The van der Waals surface area contributed by atoms with Crippen molar-refractivity contribution in [3.8, 4) is 11.5 Å². The Labute approximate surface area is 176 Å². The molecule has 30 heavy (non-hydrogen) atoms. The summed E-state index contributed by atoms with van der Waals surface area (Å²) in [5.74, 6) is 2.00.